The third-order valence-electron chi connectivity index (χ3n) is 3.79. The topological polar surface area (TPSA) is 45.0 Å². The molecule has 2 aromatic carbocycles. The van der Waals surface area contributed by atoms with Crippen molar-refractivity contribution in [2.75, 3.05) is 0 Å². The van der Waals surface area contributed by atoms with E-state index in [1.165, 1.54) is 23.9 Å². The first kappa shape index (κ1) is 17.4. The SMILES string of the molecule is CC[C@H]1S/C(=N\N=C/c2ccccc2)N(Cc2ccc(F)cc2)C1=O. The van der Waals surface area contributed by atoms with Crippen LogP contribution in [0.1, 0.15) is 24.5 Å². The van der Waals surface area contributed by atoms with Crippen molar-refractivity contribution in [3.63, 3.8) is 0 Å². The van der Waals surface area contributed by atoms with Crippen molar-refractivity contribution in [1.82, 2.24) is 4.90 Å². The fraction of sp³-hybridized carbons (Fsp3) is 0.211. The van der Waals surface area contributed by atoms with Gasteiger partial charge in [-0.2, -0.15) is 5.10 Å². The van der Waals surface area contributed by atoms with Gasteiger partial charge in [0.25, 0.3) is 0 Å². The number of nitrogens with zero attached hydrogens (tertiary/aromatic N) is 3. The van der Waals surface area contributed by atoms with Crippen molar-refractivity contribution >= 4 is 29.1 Å². The first-order valence-electron chi connectivity index (χ1n) is 8.06. The summed E-state index contributed by atoms with van der Waals surface area (Å²) in [4.78, 5) is 14.2. The average Bonchev–Trinajstić information content (AvgIpc) is 2.93. The van der Waals surface area contributed by atoms with Crippen molar-refractivity contribution in [1.29, 1.82) is 0 Å². The minimum atomic E-state index is -0.293. The maximum absolute atomic E-state index is 13.1. The molecule has 0 N–H and O–H groups in total. The molecule has 0 bridgehead atoms. The van der Waals surface area contributed by atoms with Gasteiger partial charge in [-0.1, -0.05) is 61.2 Å². The van der Waals surface area contributed by atoms with Crippen molar-refractivity contribution < 1.29 is 9.18 Å². The number of carbonyl (C=O) groups is 1. The molecule has 128 valence electrons. The van der Waals surface area contributed by atoms with Gasteiger partial charge in [-0.05, 0) is 29.7 Å². The molecule has 1 heterocycles. The minimum Gasteiger partial charge on any atom is -0.284 e. The van der Waals surface area contributed by atoms with Gasteiger partial charge >= 0.3 is 0 Å². The lowest BCUT2D eigenvalue weighted by molar-refractivity contribution is -0.126. The fourth-order valence-corrected chi connectivity index (χ4v) is 3.47. The smallest absolute Gasteiger partial charge is 0.242 e. The number of rotatable bonds is 5. The first-order valence-corrected chi connectivity index (χ1v) is 8.94. The van der Waals surface area contributed by atoms with Crippen LogP contribution in [0.2, 0.25) is 0 Å². The zero-order valence-corrected chi connectivity index (χ0v) is 14.6. The lowest BCUT2D eigenvalue weighted by atomic mass is 10.2. The molecule has 1 amide bonds. The van der Waals surface area contributed by atoms with Crippen molar-refractivity contribution in [2.24, 2.45) is 10.2 Å². The van der Waals surface area contributed by atoms with Crippen molar-refractivity contribution in [3.05, 3.63) is 71.5 Å². The molecule has 0 radical (unpaired) electrons. The molecule has 0 aromatic heterocycles. The fourth-order valence-electron chi connectivity index (χ4n) is 2.45. The van der Waals surface area contributed by atoms with Crippen molar-refractivity contribution in [2.45, 2.75) is 25.1 Å². The molecule has 2 aromatic rings. The van der Waals surface area contributed by atoms with Crippen LogP contribution in [0.25, 0.3) is 0 Å². The molecule has 1 atom stereocenters. The number of halogens is 1. The van der Waals surface area contributed by atoms with E-state index in [0.717, 1.165) is 17.5 Å². The van der Waals surface area contributed by atoms with E-state index in [-0.39, 0.29) is 17.0 Å². The average molecular weight is 355 g/mol. The Bertz CT molecular complexity index is 790. The van der Waals surface area contributed by atoms with E-state index in [1.54, 1.807) is 23.2 Å². The third kappa shape index (κ3) is 4.33. The van der Waals surface area contributed by atoms with Crippen LogP contribution in [0.15, 0.2) is 64.8 Å². The van der Waals surface area contributed by atoms with E-state index in [9.17, 15) is 9.18 Å². The quantitative estimate of drug-likeness (QED) is 0.599. The Kier molecular flexibility index (Phi) is 5.60. The molecule has 6 heteroatoms. The van der Waals surface area contributed by atoms with Gasteiger partial charge in [-0.25, -0.2) is 4.39 Å². The Morgan fingerprint density at radius 3 is 2.56 bits per heavy atom. The van der Waals surface area contributed by atoms with E-state index in [4.69, 9.17) is 0 Å². The molecule has 25 heavy (non-hydrogen) atoms. The summed E-state index contributed by atoms with van der Waals surface area (Å²) in [5.41, 5.74) is 1.80. The summed E-state index contributed by atoms with van der Waals surface area (Å²) >= 11 is 1.42. The van der Waals surface area contributed by atoms with E-state index < -0.39 is 0 Å². The van der Waals surface area contributed by atoms with Gasteiger partial charge in [-0.15, -0.1) is 5.10 Å². The molecule has 4 nitrogen and oxygen atoms in total. The normalized spacial score (nSPS) is 19.3. The van der Waals surface area contributed by atoms with Gasteiger partial charge in [0.05, 0.1) is 18.0 Å². The molecule has 1 fully saturated rings. The van der Waals surface area contributed by atoms with Crippen LogP contribution in [0.3, 0.4) is 0 Å². The molecule has 0 saturated carbocycles. The zero-order valence-electron chi connectivity index (χ0n) is 13.8. The van der Waals surface area contributed by atoms with Gasteiger partial charge in [0, 0.05) is 0 Å². The van der Waals surface area contributed by atoms with Crippen molar-refractivity contribution in [3.8, 4) is 0 Å². The summed E-state index contributed by atoms with van der Waals surface area (Å²) in [6, 6.07) is 15.8. The van der Waals surface area contributed by atoms with E-state index in [0.29, 0.717) is 11.7 Å². The van der Waals surface area contributed by atoms with E-state index >= 15 is 0 Å². The molecule has 1 saturated heterocycles. The lowest BCUT2D eigenvalue weighted by Crippen LogP contribution is -2.31. The second kappa shape index (κ2) is 8.07. The predicted octanol–water partition coefficient (Wildman–Crippen LogP) is 4.07. The first-order chi connectivity index (χ1) is 12.2. The van der Waals surface area contributed by atoms with E-state index in [2.05, 4.69) is 10.2 Å². The number of carbonyl (C=O) groups excluding carboxylic acids is 1. The molecule has 1 aliphatic heterocycles. The summed E-state index contributed by atoms with van der Waals surface area (Å²) in [7, 11) is 0. The zero-order chi connectivity index (χ0) is 17.6. The number of amides is 1. The van der Waals surface area contributed by atoms with Crippen LogP contribution in [0.5, 0.6) is 0 Å². The van der Waals surface area contributed by atoms with Crippen LogP contribution < -0.4 is 0 Å². The van der Waals surface area contributed by atoms with Crippen LogP contribution in [-0.4, -0.2) is 27.4 Å². The molecule has 0 spiro atoms. The molecule has 0 unspecified atom stereocenters. The highest BCUT2D eigenvalue weighted by Crippen LogP contribution is 2.30. The maximum Gasteiger partial charge on any atom is 0.242 e. The van der Waals surface area contributed by atoms with E-state index in [1.807, 2.05) is 37.3 Å². The summed E-state index contributed by atoms with van der Waals surface area (Å²) in [5.74, 6) is -0.274. The van der Waals surface area contributed by atoms with Gasteiger partial charge in [-0.3, -0.25) is 9.69 Å². The highest BCUT2D eigenvalue weighted by atomic mass is 32.2. The number of thioether (sulfide) groups is 1. The third-order valence-corrected chi connectivity index (χ3v) is 5.13. The summed E-state index contributed by atoms with van der Waals surface area (Å²) in [6.07, 6.45) is 2.39. The minimum absolute atomic E-state index is 0.0190. The second-order valence-electron chi connectivity index (χ2n) is 5.60. The van der Waals surface area contributed by atoms with Crippen LogP contribution in [0.4, 0.5) is 4.39 Å². The molecule has 0 aliphatic carbocycles. The highest BCUT2D eigenvalue weighted by molar-refractivity contribution is 8.15. The van der Waals surface area contributed by atoms with Crippen LogP contribution >= 0.6 is 11.8 Å². The van der Waals surface area contributed by atoms with Gasteiger partial charge in [0.2, 0.25) is 5.91 Å². The highest BCUT2D eigenvalue weighted by Gasteiger charge is 2.36. The van der Waals surface area contributed by atoms with Gasteiger partial charge < -0.3 is 0 Å². The monoisotopic (exact) mass is 355 g/mol. The van der Waals surface area contributed by atoms with Gasteiger partial charge in [0.1, 0.15) is 5.82 Å². The standard InChI is InChI=1S/C19H18FN3OS/c1-2-17-18(24)23(13-15-8-10-16(20)11-9-15)19(25-17)22-21-12-14-6-4-3-5-7-14/h3-12,17H,2,13H2,1H3/b21-12-,22-19-/t17-/m1/s1. The Morgan fingerprint density at radius 1 is 1.16 bits per heavy atom. The number of hydrogen-bond acceptors (Lipinski definition) is 4. The second-order valence-corrected chi connectivity index (χ2v) is 6.77. The molecule has 1 aliphatic rings. The Balaban J connectivity index is 1.79. The predicted molar refractivity (Wildman–Crippen MR) is 100 cm³/mol. The maximum atomic E-state index is 13.1. The van der Waals surface area contributed by atoms with Crippen LogP contribution in [-0.2, 0) is 11.3 Å². The molecular formula is C19H18FN3OS. The number of benzene rings is 2. The summed E-state index contributed by atoms with van der Waals surface area (Å²) in [5, 5.41) is 8.79. The van der Waals surface area contributed by atoms with Crippen LogP contribution in [0, 0.1) is 5.82 Å². The Hall–Kier alpha value is -2.47. The Morgan fingerprint density at radius 2 is 1.88 bits per heavy atom. The lowest BCUT2D eigenvalue weighted by Gasteiger charge is -2.15. The largest absolute Gasteiger partial charge is 0.284 e. The molecular weight excluding hydrogens is 337 g/mol. The molecule has 3 rings (SSSR count). The summed E-state index contributed by atoms with van der Waals surface area (Å²) < 4.78 is 13.1. The van der Waals surface area contributed by atoms with Gasteiger partial charge in [0.15, 0.2) is 5.17 Å². The summed E-state index contributed by atoms with van der Waals surface area (Å²) in [6.45, 7) is 2.34. The number of hydrogen-bond donors (Lipinski definition) is 0. The Labute approximate surface area is 150 Å². The number of amidine groups is 1.